The minimum absolute atomic E-state index is 0.171. The fourth-order valence-corrected chi connectivity index (χ4v) is 2.09. The van der Waals surface area contributed by atoms with E-state index in [0.717, 1.165) is 12.1 Å². The van der Waals surface area contributed by atoms with Gasteiger partial charge in [-0.1, -0.05) is 20.8 Å². The van der Waals surface area contributed by atoms with Crippen LogP contribution in [0.25, 0.3) is 0 Å². The first-order chi connectivity index (χ1) is 8.52. The first-order valence-electron chi connectivity index (χ1n) is 6.89. The fourth-order valence-electron chi connectivity index (χ4n) is 2.09. The number of nitrogens with zero attached hydrogens (tertiary/aromatic N) is 2. The van der Waals surface area contributed by atoms with Crippen LogP contribution in [-0.2, 0) is 15.9 Å². The maximum Gasteiger partial charge on any atom is 0.514 e. The molecule has 1 aliphatic rings. The van der Waals surface area contributed by atoms with Crippen molar-refractivity contribution in [3.63, 3.8) is 0 Å². The van der Waals surface area contributed by atoms with Crippen LogP contribution in [0.5, 0.6) is 0 Å². The van der Waals surface area contributed by atoms with Gasteiger partial charge in [0.25, 0.3) is 0 Å². The molecule has 0 amide bonds. The summed E-state index contributed by atoms with van der Waals surface area (Å²) in [5.74, 6) is 0. The molecule has 0 atom stereocenters. The average molecular weight is 264 g/mol. The lowest BCUT2D eigenvalue weighted by molar-refractivity contribution is 0.00578. The van der Waals surface area contributed by atoms with E-state index < -0.39 is 0 Å². The molecule has 4 nitrogen and oxygen atoms in total. The second-order valence-electron chi connectivity index (χ2n) is 7.56. The molecule has 19 heavy (non-hydrogen) atoms. The molecule has 1 saturated heterocycles. The van der Waals surface area contributed by atoms with Crippen molar-refractivity contribution in [3.8, 4) is 0 Å². The molecular formula is C14H25BN2O2. The first-order valence-corrected chi connectivity index (χ1v) is 6.89. The van der Waals surface area contributed by atoms with Crippen LogP contribution in [-0.4, -0.2) is 28.1 Å². The molecule has 0 bridgehead atoms. The highest BCUT2D eigenvalue weighted by Gasteiger charge is 2.52. The molecular weight excluding hydrogens is 239 g/mol. The summed E-state index contributed by atoms with van der Waals surface area (Å²) in [6.07, 6.45) is 1.81. The molecule has 2 heterocycles. The molecule has 1 fully saturated rings. The molecule has 5 heteroatoms. The standard InChI is InChI=1S/C14H25BN2O2/c1-12(2,3)10-17-11(8-9-16-17)15-18-13(4,5)14(6,7)19-15/h8-9H,10H2,1-7H3. The molecule has 0 aromatic carbocycles. The monoisotopic (exact) mass is 264 g/mol. The Kier molecular flexibility index (Phi) is 3.34. The van der Waals surface area contributed by atoms with Crippen LogP contribution in [0.15, 0.2) is 12.3 Å². The van der Waals surface area contributed by atoms with E-state index in [0.29, 0.717) is 0 Å². The van der Waals surface area contributed by atoms with Gasteiger partial charge in [0.15, 0.2) is 0 Å². The van der Waals surface area contributed by atoms with Gasteiger partial charge in [0, 0.05) is 12.7 Å². The van der Waals surface area contributed by atoms with E-state index in [1.165, 1.54) is 0 Å². The highest BCUT2D eigenvalue weighted by molar-refractivity contribution is 6.61. The molecule has 0 radical (unpaired) electrons. The van der Waals surface area contributed by atoms with Crippen molar-refractivity contribution in [2.45, 2.75) is 66.2 Å². The van der Waals surface area contributed by atoms with E-state index >= 15 is 0 Å². The summed E-state index contributed by atoms with van der Waals surface area (Å²) in [7, 11) is -0.338. The van der Waals surface area contributed by atoms with Gasteiger partial charge in [-0.05, 0) is 39.2 Å². The molecule has 1 aromatic heterocycles. The van der Waals surface area contributed by atoms with Gasteiger partial charge < -0.3 is 9.31 Å². The van der Waals surface area contributed by atoms with E-state index in [1.807, 2.05) is 16.9 Å². The Hall–Kier alpha value is -0.805. The third-order valence-corrected chi connectivity index (χ3v) is 3.87. The van der Waals surface area contributed by atoms with Gasteiger partial charge in [0.05, 0.1) is 16.8 Å². The maximum absolute atomic E-state index is 6.08. The zero-order chi connectivity index (χ0) is 14.5. The molecule has 0 N–H and O–H groups in total. The van der Waals surface area contributed by atoms with Crippen molar-refractivity contribution in [2.24, 2.45) is 5.41 Å². The molecule has 2 rings (SSSR count). The molecule has 0 aliphatic carbocycles. The lowest BCUT2D eigenvalue weighted by Gasteiger charge is -2.32. The largest absolute Gasteiger partial charge is 0.514 e. The predicted octanol–water partition coefficient (Wildman–Crippen LogP) is 2.23. The van der Waals surface area contributed by atoms with Crippen LogP contribution in [0.2, 0.25) is 0 Å². The van der Waals surface area contributed by atoms with Crippen molar-refractivity contribution in [3.05, 3.63) is 12.3 Å². The summed E-state index contributed by atoms with van der Waals surface area (Å²) in [6.45, 7) is 15.7. The smallest absolute Gasteiger partial charge is 0.398 e. The third-order valence-electron chi connectivity index (χ3n) is 3.87. The van der Waals surface area contributed by atoms with Crippen LogP contribution in [0.4, 0.5) is 0 Å². The van der Waals surface area contributed by atoms with Crippen LogP contribution < -0.4 is 5.59 Å². The lowest BCUT2D eigenvalue weighted by Crippen LogP contribution is -2.41. The number of hydrogen-bond donors (Lipinski definition) is 0. The van der Waals surface area contributed by atoms with Crippen LogP contribution in [0, 0.1) is 5.41 Å². The van der Waals surface area contributed by atoms with E-state index in [-0.39, 0.29) is 23.7 Å². The van der Waals surface area contributed by atoms with Gasteiger partial charge in [0.1, 0.15) is 0 Å². The second-order valence-corrected chi connectivity index (χ2v) is 7.56. The third kappa shape index (κ3) is 2.87. The number of hydrogen-bond acceptors (Lipinski definition) is 3. The first kappa shape index (κ1) is 14.6. The van der Waals surface area contributed by atoms with E-state index in [9.17, 15) is 0 Å². The fraction of sp³-hybridized carbons (Fsp3) is 0.786. The Morgan fingerprint density at radius 3 is 2.16 bits per heavy atom. The Balaban J connectivity index is 2.24. The number of rotatable bonds is 2. The normalized spacial score (nSPS) is 21.9. The van der Waals surface area contributed by atoms with Gasteiger partial charge in [0.2, 0.25) is 0 Å². The van der Waals surface area contributed by atoms with E-state index in [1.54, 1.807) is 0 Å². The summed E-state index contributed by atoms with van der Waals surface area (Å²) in [5, 5.41) is 4.40. The predicted molar refractivity (Wildman–Crippen MR) is 77.4 cm³/mol. The van der Waals surface area contributed by atoms with Crippen molar-refractivity contribution in [1.82, 2.24) is 9.78 Å². The minimum Gasteiger partial charge on any atom is -0.398 e. The van der Waals surface area contributed by atoms with Crippen LogP contribution in [0.1, 0.15) is 48.5 Å². The topological polar surface area (TPSA) is 36.3 Å². The number of aromatic nitrogens is 2. The van der Waals surface area contributed by atoms with E-state index in [4.69, 9.17) is 9.31 Å². The highest BCUT2D eigenvalue weighted by Crippen LogP contribution is 2.36. The van der Waals surface area contributed by atoms with Crippen molar-refractivity contribution in [1.29, 1.82) is 0 Å². The van der Waals surface area contributed by atoms with Gasteiger partial charge in [-0.15, -0.1) is 0 Å². The SMILES string of the molecule is CC(C)(C)Cn1nccc1B1OC(C)(C)C(C)(C)O1. The minimum atomic E-state index is -0.338. The molecule has 0 unspecified atom stereocenters. The maximum atomic E-state index is 6.08. The second kappa shape index (κ2) is 4.35. The van der Waals surface area contributed by atoms with Crippen molar-refractivity contribution >= 4 is 12.7 Å². The van der Waals surface area contributed by atoms with Crippen molar-refractivity contribution < 1.29 is 9.31 Å². The lowest BCUT2D eigenvalue weighted by atomic mass is 9.84. The molecule has 106 valence electrons. The van der Waals surface area contributed by atoms with Gasteiger partial charge in [-0.3, -0.25) is 4.68 Å². The Morgan fingerprint density at radius 2 is 1.68 bits per heavy atom. The summed E-state index contributed by atoms with van der Waals surface area (Å²) >= 11 is 0. The molecule has 1 aliphatic heterocycles. The molecule has 0 spiro atoms. The van der Waals surface area contributed by atoms with Gasteiger partial charge >= 0.3 is 7.12 Å². The zero-order valence-electron chi connectivity index (χ0n) is 13.2. The van der Waals surface area contributed by atoms with Gasteiger partial charge in [-0.2, -0.15) is 5.10 Å². The van der Waals surface area contributed by atoms with Crippen LogP contribution >= 0.6 is 0 Å². The Morgan fingerprint density at radius 1 is 1.16 bits per heavy atom. The zero-order valence-corrected chi connectivity index (χ0v) is 13.2. The molecule has 1 aromatic rings. The summed E-state index contributed by atoms with van der Waals surface area (Å²) in [4.78, 5) is 0. The summed E-state index contributed by atoms with van der Waals surface area (Å²) < 4.78 is 14.1. The Labute approximate surface area is 116 Å². The van der Waals surface area contributed by atoms with Crippen molar-refractivity contribution in [2.75, 3.05) is 0 Å². The van der Waals surface area contributed by atoms with E-state index in [2.05, 4.69) is 53.6 Å². The quantitative estimate of drug-likeness (QED) is 0.768. The van der Waals surface area contributed by atoms with Gasteiger partial charge in [-0.25, -0.2) is 0 Å². The highest BCUT2D eigenvalue weighted by atomic mass is 16.7. The Bertz CT molecular complexity index is 444. The average Bonchev–Trinajstić information content (AvgIpc) is 2.67. The van der Waals surface area contributed by atoms with Crippen LogP contribution in [0.3, 0.4) is 0 Å². The summed E-state index contributed by atoms with van der Waals surface area (Å²) in [6, 6.07) is 1.98. The summed E-state index contributed by atoms with van der Waals surface area (Å²) in [5.41, 5.74) is 0.543. The molecule has 0 saturated carbocycles.